The fourth-order valence-corrected chi connectivity index (χ4v) is 12.6. The van der Waals surface area contributed by atoms with Crippen LogP contribution < -0.4 is 15.7 Å². The first-order valence-corrected chi connectivity index (χ1v) is 23.0. The van der Waals surface area contributed by atoms with Gasteiger partial charge in [0.1, 0.15) is 0 Å². The van der Waals surface area contributed by atoms with Crippen LogP contribution in [0.5, 0.6) is 0 Å². The molecule has 2 aliphatic heterocycles. The minimum Gasteiger partial charge on any atom is -0.376 e. The molecule has 3 aliphatic rings. The van der Waals surface area contributed by atoms with Crippen molar-refractivity contribution in [1.29, 1.82) is 0 Å². The molecule has 4 heteroatoms. The van der Waals surface area contributed by atoms with Crippen molar-refractivity contribution in [3.05, 3.63) is 149 Å². The van der Waals surface area contributed by atoms with Crippen LogP contribution in [0.2, 0.25) is 0 Å². The van der Waals surface area contributed by atoms with Crippen molar-refractivity contribution >= 4 is 82.5 Å². The SMILES string of the molecule is CC(C)(C)c1ccc(N2B3c4cc5c(cc4-n4c6ccc(C(C)(C)C)cc6c6c7c(sc8ccccc87)c(c3c64)-c3cc(C(C)(C)C)ccc32)C(C)(C)c2ccccc2-5)cc1. The highest BCUT2D eigenvalue weighted by molar-refractivity contribution is 7.27. The fraction of sp³-hybridized carbons (Fsp3) is 0.263. The predicted molar refractivity (Wildman–Crippen MR) is 266 cm³/mol. The summed E-state index contributed by atoms with van der Waals surface area (Å²) >= 11 is 1.99. The Morgan fingerprint density at radius 1 is 0.541 bits per heavy atom. The van der Waals surface area contributed by atoms with Crippen LogP contribution in [0, 0.1) is 0 Å². The minimum atomic E-state index is -0.133. The van der Waals surface area contributed by atoms with Gasteiger partial charge in [0, 0.05) is 64.5 Å². The third kappa shape index (κ3) is 4.92. The summed E-state index contributed by atoms with van der Waals surface area (Å²) in [6.07, 6.45) is 0. The van der Waals surface area contributed by atoms with Gasteiger partial charge in [-0.1, -0.05) is 149 Å². The van der Waals surface area contributed by atoms with Gasteiger partial charge in [0.25, 0.3) is 0 Å². The Labute approximate surface area is 365 Å². The minimum absolute atomic E-state index is 0.00219. The van der Waals surface area contributed by atoms with Crippen molar-refractivity contribution in [2.45, 2.75) is 97.8 Å². The molecular formula is C57H53BN2S. The van der Waals surface area contributed by atoms with Gasteiger partial charge in [0.15, 0.2) is 0 Å². The maximum atomic E-state index is 2.72. The maximum absolute atomic E-state index is 2.72. The normalized spacial score (nSPS) is 15.2. The van der Waals surface area contributed by atoms with Crippen LogP contribution in [0.15, 0.2) is 121 Å². The van der Waals surface area contributed by atoms with Crippen LogP contribution in [0.1, 0.15) is 104 Å². The Hall–Kier alpha value is -5.58. The topological polar surface area (TPSA) is 8.17 Å². The van der Waals surface area contributed by atoms with E-state index in [0.29, 0.717) is 0 Å². The molecule has 7 aromatic carbocycles. The fourth-order valence-electron chi connectivity index (χ4n) is 11.3. The quantitative estimate of drug-likeness (QED) is 0.150. The smallest absolute Gasteiger partial charge is 0.333 e. The summed E-state index contributed by atoms with van der Waals surface area (Å²) in [6, 6.07) is 47.8. The lowest BCUT2D eigenvalue weighted by atomic mass is 9.43. The van der Waals surface area contributed by atoms with Crippen molar-refractivity contribution in [3.63, 3.8) is 0 Å². The van der Waals surface area contributed by atoms with Gasteiger partial charge in [0.2, 0.25) is 0 Å². The Morgan fingerprint density at radius 2 is 1.20 bits per heavy atom. The summed E-state index contributed by atoms with van der Waals surface area (Å²) in [7, 11) is 0. The van der Waals surface area contributed by atoms with Crippen molar-refractivity contribution in [1.82, 2.24) is 4.57 Å². The second-order valence-corrected chi connectivity index (χ2v) is 22.9. The second-order valence-electron chi connectivity index (χ2n) is 21.8. The molecule has 0 atom stereocenters. The molecule has 0 spiro atoms. The van der Waals surface area contributed by atoms with Gasteiger partial charge in [-0.15, -0.1) is 11.3 Å². The standard InChI is InChI=1S/C57H53BN2S/c1-54(2,3)32-20-24-35(25-21-32)60-45-27-23-34(56(7,8)9)29-40(45)50-51-52-48(49-37-17-13-15-19-47(37)61-53(49)50)39-28-33(55(4,5)6)22-26-44(39)59(52)46-31-42-38(30-43(46)58(51)60)36-16-12-14-18-41(36)57(42,10)11/h12-31H,1-11H3. The number of aromatic nitrogens is 1. The molecule has 0 N–H and O–H groups in total. The Kier molecular flexibility index (Phi) is 7.24. The molecule has 0 saturated carbocycles. The van der Waals surface area contributed by atoms with E-state index in [1.807, 2.05) is 11.3 Å². The van der Waals surface area contributed by atoms with Crippen LogP contribution in [0.25, 0.3) is 69.9 Å². The molecule has 2 aromatic heterocycles. The molecule has 9 aromatic rings. The highest BCUT2D eigenvalue weighted by Gasteiger charge is 2.48. The van der Waals surface area contributed by atoms with E-state index < -0.39 is 0 Å². The van der Waals surface area contributed by atoms with E-state index in [4.69, 9.17) is 0 Å². The molecule has 4 heterocycles. The van der Waals surface area contributed by atoms with Crippen LogP contribution >= 0.6 is 11.3 Å². The highest BCUT2D eigenvalue weighted by Crippen LogP contribution is 2.55. The number of benzene rings is 7. The van der Waals surface area contributed by atoms with Crippen LogP contribution in [-0.2, 0) is 21.7 Å². The average Bonchev–Trinajstić information content (AvgIpc) is 3.84. The molecule has 12 rings (SSSR count). The lowest BCUT2D eigenvalue weighted by molar-refractivity contribution is 0.590. The number of rotatable bonds is 1. The molecule has 0 saturated heterocycles. The van der Waals surface area contributed by atoms with E-state index in [9.17, 15) is 0 Å². The largest absolute Gasteiger partial charge is 0.376 e. The molecule has 2 nitrogen and oxygen atoms in total. The molecular weight excluding hydrogens is 756 g/mol. The first-order valence-electron chi connectivity index (χ1n) is 22.2. The summed E-state index contributed by atoms with van der Waals surface area (Å²) in [6.45, 7) is 25.8. The number of fused-ring (bicyclic) bond motifs is 16. The lowest BCUT2D eigenvalue weighted by Gasteiger charge is -2.43. The van der Waals surface area contributed by atoms with E-state index in [0.717, 1.165) is 0 Å². The summed E-state index contributed by atoms with van der Waals surface area (Å²) in [5.41, 5.74) is 21.5. The number of hydrogen-bond donors (Lipinski definition) is 0. The van der Waals surface area contributed by atoms with Gasteiger partial charge in [-0.3, -0.25) is 0 Å². The summed E-state index contributed by atoms with van der Waals surface area (Å²) < 4.78 is 5.45. The summed E-state index contributed by atoms with van der Waals surface area (Å²) in [5.74, 6) is 0. The van der Waals surface area contributed by atoms with Crippen molar-refractivity contribution in [3.8, 4) is 27.9 Å². The Bertz CT molecular complexity index is 3390. The van der Waals surface area contributed by atoms with Crippen molar-refractivity contribution in [2.24, 2.45) is 0 Å². The molecule has 0 unspecified atom stereocenters. The van der Waals surface area contributed by atoms with E-state index in [-0.39, 0.29) is 28.5 Å². The molecule has 0 bridgehead atoms. The molecule has 300 valence electrons. The number of thiophene rings is 1. The third-order valence-corrected chi connectivity index (χ3v) is 15.8. The summed E-state index contributed by atoms with van der Waals surface area (Å²) in [4.78, 5) is 2.72. The van der Waals surface area contributed by atoms with Gasteiger partial charge in [-0.25, -0.2) is 0 Å². The van der Waals surface area contributed by atoms with E-state index in [2.05, 4.69) is 207 Å². The lowest BCUT2D eigenvalue weighted by Crippen LogP contribution is -2.60. The Balaban J connectivity index is 1.33. The van der Waals surface area contributed by atoms with Gasteiger partial charge in [-0.05, 0) is 115 Å². The van der Waals surface area contributed by atoms with Crippen LogP contribution in [0.3, 0.4) is 0 Å². The first kappa shape index (κ1) is 37.2. The van der Waals surface area contributed by atoms with Crippen molar-refractivity contribution < 1.29 is 0 Å². The van der Waals surface area contributed by atoms with Crippen LogP contribution in [-0.4, -0.2) is 11.4 Å². The number of hydrogen-bond acceptors (Lipinski definition) is 2. The first-order chi connectivity index (χ1) is 28.9. The Morgan fingerprint density at radius 3 is 1.93 bits per heavy atom. The molecule has 0 amide bonds. The second kappa shape index (κ2) is 11.9. The van der Waals surface area contributed by atoms with Gasteiger partial charge < -0.3 is 9.38 Å². The monoisotopic (exact) mass is 808 g/mol. The van der Waals surface area contributed by atoms with Crippen LogP contribution in [0.4, 0.5) is 11.4 Å². The molecule has 61 heavy (non-hydrogen) atoms. The zero-order chi connectivity index (χ0) is 42.3. The highest BCUT2D eigenvalue weighted by atomic mass is 32.1. The zero-order valence-electron chi connectivity index (χ0n) is 37.4. The van der Waals surface area contributed by atoms with Crippen molar-refractivity contribution in [2.75, 3.05) is 4.81 Å². The van der Waals surface area contributed by atoms with Gasteiger partial charge in [-0.2, -0.15) is 0 Å². The molecule has 0 radical (unpaired) electrons. The van der Waals surface area contributed by atoms with E-state index >= 15 is 0 Å². The van der Waals surface area contributed by atoms with E-state index in [1.165, 1.54) is 120 Å². The van der Waals surface area contributed by atoms with E-state index in [1.54, 1.807) is 0 Å². The van der Waals surface area contributed by atoms with Gasteiger partial charge in [0.05, 0.1) is 11.0 Å². The summed E-state index contributed by atoms with van der Waals surface area (Å²) in [5, 5.41) is 5.50. The molecule has 0 fully saturated rings. The predicted octanol–water partition coefficient (Wildman–Crippen LogP) is 14.6. The zero-order valence-corrected chi connectivity index (χ0v) is 38.2. The maximum Gasteiger partial charge on any atom is 0.333 e. The third-order valence-electron chi connectivity index (χ3n) is 14.6. The number of nitrogens with zero attached hydrogens (tertiary/aromatic N) is 2. The number of anilines is 2. The average molecular weight is 809 g/mol. The van der Waals surface area contributed by atoms with Gasteiger partial charge >= 0.3 is 6.85 Å². The molecule has 1 aliphatic carbocycles.